The molecule has 0 aliphatic rings. The summed E-state index contributed by atoms with van der Waals surface area (Å²) >= 11 is 0. The Balaban J connectivity index is 2.81. The summed E-state index contributed by atoms with van der Waals surface area (Å²) in [6, 6.07) is 0. The van der Waals surface area contributed by atoms with E-state index in [0.717, 1.165) is 18.8 Å². The van der Waals surface area contributed by atoms with Crippen LogP contribution in [0.1, 0.15) is 26.2 Å². The Hall–Kier alpha value is -1.56. The van der Waals surface area contributed by atoms with Crippen molar-refractivity contribution in [2.75, 3.05) is 31.0 Å². The number of rotatable bonds is 7. The first-order valence-corrected chi connectivity index (χ1v) is 5.81. The summed E-state index contributed by atoms with van der Waals surface area (Å²) in [5.41, 5.74) is 2.51. The zero-order valence-corrected chi connectivity index (χ0v) is 10.7. The molecule has 0 spiro atoms. The molecule has 3 N–H and O–H groups in total. The summed E-state index contributed by atoms with van der Waals surface area (Å²) in [4.78, 5) is 10.3. The number of anilines is 2. The predicted molar refractivity (Wildman–Crippen MR) is 69.2 cm³/mol. The SMILES string of the molecule is CCCCCN(C)c1ncnc(NN)c1OC. The van der Waals surface area contributed by atoms with E-state index in [1.165, 1.54) is 19.2 Å². The number of nitrogens with two attached hydrogens (primary N) is 1. The minimum atomic E-state index is 0.500. The fourth-order valence-electron chi connectivity index (χ4n) is 1.63. The Morgan fingerprint density at radius 2 is 2.18 bits per heavy atom. The lowest BCUT2D eigenvalue weighted by Gasteiger charge is -2.21. The van der Waals surface area contributed by atoms with Gasteiger partial charge in [-0.2, -0.15) is 0 Å². The van der Waals surface area contributed by atoms with Crippen molar-refractivity contribution in [2.24, 2.45) is 5.84 Å². The molecule has 0 aliphatic heterocycles. The second kappa shape index (κ2) is 6.90. The Morgan fingerprint density at radius 3 is 2.76 bits per heavy atom. The van der Waals surface area contributed by atoms with Crippen molar-refractivity contribution in [1.29, 1.82) is 0 Å². The molecule has 17 heavy (non-hydrogen) atoms. The smallest absolute Gasteiger partial charge is 0.205 e. The summed E-state index contributed by atoms with van der Waals surface area (Å²) in [6.07, 6.45) is 5.01. The van der Waals surface area contributed by atoms with Gasteiger partial charge in [0.2, 0.25) is 5.75 Å². The summed E-state index contributed by atoms with van der Waals surface area (Å²) < 4.78 is 5.29. The third-order valence-electron chi connectivity index (χ3n) is 2.58. The third kappa shape index (κ3) is 3.45. The summed E-state index contributed by atoms with van der Waals surface area (Å²) in [5.74, 6) is 7.21. The van der Waals surface area contributed by atoms with Crippen LogP contribution in [-0.2, 0) is 0 Å². The van der Waals surface area contributed by atoms with Gasteiger partial charge in [-0.05, 0) is 6.42 Å². The van der Waals surface area contributed by atoms with Crippen LogP contribution in [0, 0.1) is 0 Å². The van der Waals surface area contributed by atoms with E-state index in [1.54, 1.807) is 7.11 Å². The molecule has 0 aromatic carbocycles. The van der Waals surface area contributed by atoms with Crippen LogP contribution in [0.15, 0.2) is 6.33 Å². The predicted octanol–water partition coefficient (Wildman–Crippen LogP) is 1.40. The highest BCUT2D eigenvalue weighted by Gasteiger charge is 2.14. The molecule has 1 aromatic rings. The van der Waals surface area contributed by atoms with Crippen molar-refractivity contribution in [3.05, 3.63) is 6.33 Å². The van der Waals surface area contributed by atoms with Crippen LogP contribution in [0.5, 0.6) is 5.75 Å². The van der Waals surface area contributed by atoms with E-state index >= 15 is 0 Å². The highest BCUT2D eigenvalue weighted by Crippen LogP contribution is 2.30. The maximum absolute atomic E-state index is 5.38. The molecule has 96 valence electrons. The molecule has 6 nitrogen and oxygen atoms in total. The molecular formula is C11H21N5O. The van der Waals surface area contributed by atoms with E-state index in [4.69, 9.17) is 10.6 Å². The molecule has 0 amide bonds. The van der Waals surface area contributed by atoms with Crippen LogP contribution in [-0.4, -0.2) is 30.7 Å². The van der Waals surface area contributed by atoms with Crippen molar-refractivity contribution in [2.45, 2.75) is 26.2 Å². The summed E-state index contributed by atoms with van der Waals surface area (Å²) in [7, 11) is 3.57. The van der Waals surface area contributed by atoms with Crippen molar-refractivity contribution in [3.8, 4) is 5.75 Å². The first-order chi connectivity index (χ1) is 8.24. The van der Waals surface area contributed by atoms with Crippen molar-refractivity contribution >= 4 is 11.6 Å². The molecule has 0 saturated heterocycles. The number of hydrogen-bond donors (Lipinski definition) is 2. The Kier molecular flexibility index (Phi) is 5.48. The topological polar surface area (TPSA) is 76.3 Å². The largest absolute Gasteiger partial charge is 0.490 e. The third-order valence-corrected chi connectivity index (χ3v) is 2.58. The van der Waals surface area contributed by atoms with E-state index in [9.17, 15) is 0 Å². The average Bonchev–Trinajstić information content (AvgIpc) is 2.37. The number of hydrazine groups is 1. The fraction of sp³-hybridized carbons (Fsp3) is 0.636. The number of nitrogens with zero attached hydrogens (tertiary/aromatic N) is 3. The number of nitrogens with one attached hydrogen (secondary N) is 1. The Bertz CT molecular complexity index is 345. The first-order valence-electron chi connectivity index (χ1n) is 5.81. The lowest BCUT2D eigenvalue weighted by Crippen LogP contribution is -2.22. The van der Waals surface area contributed by atoms with Gasteiger partial charge in [-0.15, -0.1) is 0 Å². The Morgan fingerprint density at radius 1 is 1.41 bits per heavy atom. The fourth-order valence-corrected chi connectivity index (χ4v) is 1.63. The number of hydrogen-bond acceptors (Lipinski definition) is 6. The maximum Gasteiger partial charge on any atom is 0.205 e. The molecule has 0 radical (unpaired) electrons. The number of unbranched alkanes of at least 4 members (excludes halogenated alkanes) is 2. The number of methoxy groups -OCH3 is 1. The lowest BCUT2D eigenvalue weighted by atomic mass is 10.2. The Labute approximate surface area is 102 Å². The van der Waals surface area contributed by atoms with Crippen molar-refractivity contribution < 1.29 is 4.74 Å². The molecule has 1 heterocycles. The van der Waals surface area contributed by atoms with Gasteiger partial charge in [-0.3, -0.25) is 0 Å². The van der Waals surface area contributed by atoms with Gasteiger partial charge in [0.15, 0.2) is 11.6 Å². The quantitative estimate of drug-likeness (QED) is 0.425. The molecule has 6 heteroatoms. The van der Waals surface area contributed by atoms with Crippen molar-refractivity contribution in [3.63, 3.8) is 0 Å². The minimum absolute atomic E-state index is 0.500. The van der Waals surface area contributed by atoms with Crippen LogP contribution in [0.4, 0.5) is 11.6 Å². The average molecular weight is 239 g/mol. The van der Waals surface area contributed by atoms with Gasteiger partial charge in [0, 0.05) is 13.6 Å². The van der Waals surface area contributed by atoms with Gasteiger partial charge in [0.25, 0.3) is 0 Å². The van der Waals surface area contributed by atoms with E-state index in [-0.39, 0.29) is 0 Å². The molecule has 0 bridgehead atoms. The van der Waals surface area contributed by atoms with Gasteiger partial charge in [0.1, 0.15) is 6.33 Å². The molecular weight excluding hydrogens is 218 g/mol. The van der Waals surface area contributed by atoms with Gasteiger partial charge in [-0.1, -0.05) is 19.8 Å². The van der Waals surface area contributed by atoms with Crippen LogP contribution >= 0.6 is 0 Å². The van der Waals surface area contributed by atoms with E-state index in [0.29, 0.717) is 11.6 Å². The summed E-state index contributed by atoms with van der Waals surface area (Å²) in [5, 5.41) is 0. The molecule has 0 fully saturated rings. The monoisotopic (exact) mass is 239 g/mol. The standard InChI is InChI=1S/C11H21N5O/c1-4-5-6-7-16(2)11-9(17-3)10(15-12)13-8-14-11/h8H,4-7,12H2,1-3H3,(H,13,14,15). The highest BCUT2D eigenvalue weighted by atomic mass is 16.5. The number of aromatic nitrogens is 2. The van der Waals surface area contributed by atoms with Crippen molar-refractivity contribution in [1.82, 2.24) is 9.97 Å². The van der Waals surface area contributed by atoms with Crippen LogP contribution < -0.4 is 20.9 Å². The van der Waals surface area contributed by atoms with E-state index in [2.05, 4.69) is 27.2 Å². The van der Waals surface area contributed by atoms with Gasteiger partial charge in [0.05, 0.1) is 7.11 Å². The van der Waals surface area contributed by atoms with Crippen LogP contribution in [0.3, 0.4) is 0 Å². The number of ether oxygens (including phenoxy) is 1. The van der Waals surface area contributed by atoms with Gasteiger partial charge >= 0.3 is 0 Å². The van der Waals surface area contributed by atoms with Gasteiger partial charge < -0.3 is 15.1 Å². The second-order valence-electron chi connectivity index (χ2n) is 3.85. The highest BCUT2D eigenvalue weighted by molar-refractivity contribution is 5.63. The van der Waals surface area contributed by atoms with Crippen LogP contribution in [0.25, 0.3) is 0 Å². The summed E-state index contributed by atoms with van der Waals surface area (Å²) in [6.45, 7) is 3.12. The molecule has 0 aliphatic carbocycles. The van der Waals surface area contributed by atoms with Crippen LogP contribution in [0.2, 0.25) is 0 Å². The van der Waals surface area contributed by atoms with Gasteiger partial charge in [-0.25, -0.2) is 15.8 Å². The van der Waals surface area contributed by atoms with E-state index in [1.807, 2.05) is 7.05 Å². The normalized spacial score (nSPS) is 10.1. The molecule has 0 unspecified atom stereocenters. The van der Waals surface area contributed by atoms with E-state index < -0.39 is 0 Å². The zero-order valence-electron chi connectivity index (χ0n) is 10.7. The number of nitrogen functional groups attached to an aromatic ring is 1. The zero-order chi connectivity index (χ0) is 12.7. The minimum Gasteiger partial charge on any atom is -0.490 e. The second-order valence-corrected chi connectivity index (χ2v) is 3.85. The first kappa shape index (κ1) is 13.5. The molecule has 0 atom stereocenters. The molecule has 0 saturated carbocycles. The molecule has 1 aromatic heterocycles. The molecule has 1 rings (SSSR count). The maximum atomic E-state index is 5.38. The lowest BCUT2D eigenvalue weighted by molar-refractivity contribution is 0.412.